The SMILES string of the molecule is CCNCCN(C)c1cc(C(F)(F)F)ccn1. The number of hydrogen-bond acceptors (Lipinski definition) is 3. The minimum Gasteiger partial charge on any atom is -0.358 e. The summed E-state index contributed by atoms with van der Waals surface area (Å²) >= 11 is 0. The second-order valence-corrected chi connectivity index (χ2v) is 3.68. The molecule has 1 aromatic heterocycles. The maximum atomic E-state index is 12.5. The molecule has 96 valence electrons. The molecule has 0 amide bonds. The second-order valence-electron chi connectivity index (χ2n) is 3.68. The van der Waals surface area contributed by atoms with Gasteiger partial charge in [0.25, 0.3) is 0 Å². The molecule has 17 heavy (non-hydrogen) atoms. The molecule has 0 aromatic carbocycles. The van der Waals surface area contributed by atoms with Crippen molar-refractivity contribution in [2.45, 2.75) is 13.1 Å². The quantitative estimate of drug-likeness (QED) is 0.808. The van der Waals surface area contributed by atoms with Gasteiger partial charge in [0.1, 0.15) is 5.82 Å². The fourth-order valence-electron chi connectivity index (χ4n) is 1.34. The maximum Gasteiger partial charge on any atom is 0.416 e. The van der Waals surface area contributed by atoms with Gasteiger partial charge in [-0.1, -0.05) is 6.92 Å². The van der Waals surface area contributed by atoms with Gasteiger partial charge in [-0.15, -0.1) is 0 Å². The van der Waals surface area contributed by atoms with Crippen molar-refractivity contribution >= 4 is 5.82 Å². The van der Waals surface area contributed by atoms with Gasteiger partial charge in [0, 0.05) is 26.3 Å². The number of alkyl halides is 3. The molecule has 3 nitrogen and oxygen atoms in total. The Bertz CT molecular complexity index is 352. The van der Waals surface area contributed by atoms with Gasteiger partial charge in [0.2, 0.25) is 0 Å². The zero-order valence-electron chi connectivity index (χ0n) is 9.88. The molecular formula is C11H16F3N3. The Kier molecular flexibility index (Phi) is 4.74. The number of aromatic nitrogens is 1. The third-order valence-electron chi connectivity index (χ3n) is 2.34. The summed E-state index contributed by atoms with van der Waals surface area (Å²) in [5.41, 5.74) is -0.669. The van der Waals surface area contributed by atoms with Crippen molar-refractivity contribution in [3.05, 3.63) is 23.9 Å². The molecule has 0 unspecified atom stereocenters. The average Bonchev–Trinajstić information content (AvgIpc) is 2.28. The van der Waals surface area contributed by atoms with Gasteiger partial charge in [-0.25, -0.2) is 4.98 Å². The standard InChI is InChI=1S/C11H16F3N3/c1-3-15-6-7-17(2)10-8-9(4-5-16-10)11(12,13)14/h4-5,8,15H,3,6-7H2,1-2H3. The van der Waals surface area contributed by atoms with Crippen molar-refractivity contribution in [1.82, 2.24) is 10.3 Å². The largest absolute Gasteiger partial charge is 0.416 e. The Morgan fingerprint density at radius 2 is 2.12 bits per heavy atom. The summed E-state index contributed by atoms with van der Waals surface area (Å²) in [6.45, 7) is 4.14. The molecule has 0 atom stereocenters. The number of nitrogens with one attached hydrogen (secondary N) is 1. The van der Waals surface area contributed by atoms with E-state index in [1.807, 2.05) is 6.92 Å². The van der Waals surface area contributed by atoms with Crippen LogP contribution in [0, 0.1) is 0 Å². The van der Waals surface area contributed by atoms with Crippen molar-refractivity contribution in [2.24, 2.45) is 0 Å². The summed E-state index contributed by atoms with van der Waals surface area (Å²) in [4.78, 5) is 5.62. The van der Waals surface area contributed by atoms with Crippen LogP contribution >= 0.6 is 0 Å². The Morgan fingerprint density at radius 1 is 1.41 bits per heavy atom. The highest BCUT2D eigenvalue weighted by Crippen LogP contribution is 2.30. The van der Waals surface area contributed by atoms with E-state index in [0.717, 1.165) is 18.7 Å². The monoisotopic (exact) mass is 247 g/mol. The fraction of sp³-hybridized carbons (Fsp3) is 0.545. The average molecular weight is 247 g/mol. The minimum atomic E-state index is -4.32. The van der Waals surface area contributed by atoms with E-state index in [1.165, 1.54) is 6.20 Å². The molecule has 0 aliphatic heterocycles. The van der Waals surface area contributed by atoms with Crippen LogP contribution in [0.25, 0.3) is 0 Å². The number of rotatable bonds is 5. The Morgan fingerprint density at radius 3 is 2.71 bits per heavy atom. The van der Waals surface area contributed by atoms with Crippen LogP contribution in [-0.4, -0.2) is 31.7 Å². The van der Waals surface area contributed by atoms with Crippen LogP contribution in [0.5, 0.6) is 0 Å². The minimum absolute atomic E-state index is 0.331. The summed E-state index contributed by atoms with van der Waals surface area (Å²) in [7, 11) is 1.72. The summed E-state index contributed by atoms with van der Waals surface area (Å²) in [5, 5.41) is 3.10. The number of nitrogens with zero attached hydrogens (tertiary/aromatic N) is 2. The summed E-state index contributed by atoms with van der Waals surface area (Å²) < 4.78 is 37.4. The molecule has 0 fully saturated rings. The van der Waals surface area contributed by atoms with Gasteiger partial charge in [-0.05, 0) is 18.7 Å². The van der Waals surface area contributed by atoms with E-state index in [-0.39, 0.29) is 0 Å². The molecule has 1 heterocycles. The Hall–Kier alpha value is -1.30. The van der Waals surface area contributed by atoms with Crippen LogP contribution < -0.4 is 10.2 Å². The number of halogens is 3. The van der Waals surface area contributed by atoms with Crippen molar-refractivity contribution in [3.8, 4) is 0 Å². The van der Waals surface area contributed by atoms with Gasteiger partial charge in [0.05, 0.1) is 5.56 Å². The number of hydrogen-bond donors (Lipinski definition) is 1. The predicted molar refractivity (Wildman–Crippen MR) is 61.1 cm³/mol. The molecule has 0 aliphatic carbocycles. The van der Waals surface area contributed by atoms with Crippen molar-refractivity contribution in [1.29, 1.82) is 0 Å². The molecule has 1 N–H and O–H groups in total. The lowest BCUT2D eigenvalue weighted by Crippen LogP contribution is -2.29. The van der Waals surface area contributed by atoms with Crippen LogP contribution in [-0.2, 0) is 6.18 Å². The first kappa shape index (κ1) is 13.8. The molecule has 0 saturated carbocycles. The zero-order valence-corrected chi connectivity index (χ0v) is 9.88. The number of likely N-dealkylation sites (N-methyl/N-ethyl adjacent to an activating group) is 2. The lowest BCUT2D eigenvalue weighted by Gasteiger charge is -2.19. The third kappa shape index (κ3) is 4.22. The second kappa shape index (κ2) is 5.86. The van der Waals surface area contributed by atoms with Crippen LogP contribution in [0.4, 0.5) is 19.0 Å². The topological polar surface area (TPSA) is 28.2 Å². The van der Waals surface area contributed by atoms with Crippen molar-refractivity contribution in [2.75, 3.05) is 31.6 Å². The van der Waals surface area contributed by atoms with Gasteiger partial charge in [-0.2, -0.15) is 13.2 Å². The number of anilines is 1. The van der Waals surface area contributed by atoms with E-state index in [2.05, 4.69) is 10.3 Å². The highest BCUT2D eigenvalue weighted by Gasteiger charge is 2.30. The van der Waals surface area contributed by atoms with E-state index in [9.17, 15) is 13.2 Å². The van der Waals surface area contributed by atoms with Crippen molar-refractivity contribution < 1.29 is 13.2 Å². The van der Waals surface area contributed by atoms with E-state index >= 15 is 0 Å². The normalized spacial score (nSPS) is 11.6. The van der Waals surface area contributed by atoms with Gasteiger partial charge in [0.15, 0.2) is 0 Å². The summed E-state index contributed by atoms with van der Waals surface area (Å²) in [5.74, 6) is 0.331. The van der Waals surface area contributed by atoms with Crippen LogP contribution in [0.15, 0.2) is 18.3 Å². The first-order valence-corrected chi connectivity index (χ1v) is 5.40. The molecule has 1 rings (SSSR count). The highest BCUT2D eigenvalue weighted by molar-refractivity contribution is 5.40. The van der Waals surface area contributed by atoms with E-state index in [1.54, 1.807) is 11.9 Å². The van der Waals surface area contributed by atoms with E-state index in [0.29, 0.717) is 18.9 Å². The van der Waals surface area contributed by atoms with Crippen molar-refractivity contribution in [3.63, 3.8) is 0 Å². The first-order valence-electron chi connectivity index (χ1n) is 5.40. The van der Waals surface area contributed by atoms with Crippen LogP contribution in [0.1, 0.15) is 12.5 Å². The molecule has 0 radical (unpaired) electrons. The highest BCUT2D eigenvalue weighted by atomic mass is 19.4. The Labute approximate surface area is 98.6 Å². The lowest BCUT2D eigenvalue weighted by atomic mass is 10.2. The number of pyridine rings is 1. The molecular weight excluding hydrogens is 231 g/mol. The molecule has 0 aliphatic rings. The van der Waals surface area contributed by atoms with E-state index < -0.39 is 11.7 Å². The fourth-order valence-corrected chi connectivity index (χ4v) is 1.34. The molecule has 0 spiro atoms. The van der Waals surface area contributed by atoms with Gasteiger partial charge < -0.3 is 10.2 Å². The van der Waals surface area contributed by atoms with Crippen LogP contribution in [0.3, 0.4) is 0 Å². The summed E-state index contributed by atoms with van der Waals surface area (Å²) in [6.07, 6.45) is -3.14. The lowest BCUT2D eigenvalue weighted by molar-refractivity contribution is -0.137. The molecule has 0 saturated heterocycles. The predicted octanol–water partition coefficient (Wildman–Crippen LogP) is 2.15. The third-order valence-corrected chi connectivity index (χ3v) is 2.34. The van der Waals surface area contributed by atoms with Crippen LogP contribution in [0.2, 0.25) is 0 Å². The zero-order chi connectivity index (χ0) is 12.9. The molecule has 6 heteroatoms. The molecule has 0 bridgehead atoms. The first-order chi connectivity index (χ1) is 7.95. The van der Waals surface area contributed by atoms with Gasteiger partial charge in [-0.3, -0.25) is 0 Å². The maximum absolute atomic E-state index is 12.5. The van der Waals surface area contributed by atoms with E-state index in [4.69, 9.17) is 0 Å². The smallest absolute Gasteiger partial charge is 0.358 e. The molecule has 1 aromatic rings. The van der Waals surface area contributed by atoms with Gasteiger partial charge >= 0.3 is 6.18 Å². The Balaban J connectivity index is 2.71. The summed E-state index contributed by atoms with van der Waals surface area (Å²) in [6, 6.07) is 2.04.